The minimum atomic E-state index is -0.492. The number of hydrogen-bond donors (Lipinski definition) is 3. The first-order valence-corrected chi connectivity index (χ1v) is 8.74. The Bertz CT molecular complexity index is 719. The Morgan fingerprint density at radius 2 is 1.77 bits per heavy atom. The van der Waals surface area contributed by atoms with Crippen molar-refractivity contribution in [3.05, 3.63) is 65.7 Å². The molecular formula is C20H26N3O3+. The van der Waals surface area contributed by atoms with Crippen molar-refractivity contribution in [1.82, 2.24) is 10.6 Å². The lowest BCUT2D eigenvalue weighted by atomic mass is 10.1. The molecule has 0 aliphatic rings. The van der Waals surface area contributed by atoms with Gasteiger partial charge < -0.3 is 15.4 Å². The van der Waals surface area contributed by atoms with Crippen molar-refractivity contribution in [2.45, 2.75) is 19.4 Å². The summed E-state index contributed by atoms with van der Waals surface area (Å²) in [7, 11) is 1.65. The smallest absolute Gasteiger partial charge is 0.321 e. The molecule has 6 heteroatoms. The molecule has 26 heavy (non-hydrogen) atoms. The van der Waals surface area contributed by atoms with E-state index in [4.69, 9.17) is 4.74 Å². The van der Waals surface area contributed by atoms with E-state index in [0.717, 1.165) is 23.3 Å². The molecule has 2 rings (SSSR count). The van der Waals surface area contributed by atoms with E-state index < -0.39 is 12.1 Å². The third-order valence-corrected chi connectivity index (χ3v) is 4.02. The number of nitrogens with one attached hydrogen (secondary N) is 2. The summed E-state index contributed by atoms with van der Waals surface area (Å²) in [4.78, 5) is 24.3. The Kier molecular flexibility index (Phi) is 7.64. The molecule has 0 saturated heterocycles. The van der Waals surface area contributed by atoms with Crippen molar-refractivity contribution >= 4 is 11.9 Å². The number of quaternary nitrogens is 1. The van der Waals surface area contributed by atoms with Gasteiger partial charge in [0.25, 0.3) is 5.91 Å². The first kappa shape index (κ1) is 19.5. The highest BCUT2D eigenvalue weighted by molar-refractivity contribution is 5.96. The largest absolute Gasteiger partial charge is 0.496 e. The van der Waals surface area contributed by atoms with Crippen molar-refractivity contribution in [2.75, 3.05) is 20.2 Å². The Hall–Kier alpha value is -2.86. The Morgan fingerprint density at radius 3 is 2.46 bits per heavy atom. The fourth-order valence-corrected chi connectivity index (χ4v) is 2.76. The molecule has 0 spiro atoms. The van der Waals surface area contributed by atoms with Gasteiger partial charge in [-0.1, -0.05) is 48.5 Å². The third-order valence-electron chi connectivity index (χ3n) is 4.02. The molecule has 0 fully saturated rings. The first-order chi connectivity index (χ1) is 12.7. The molecule has 4 N–H and O–H groups in total. The number of ether oxygens (including phenoxy) is 1. The quantitative estimate of drug-likeness (QED) is 0.668. The molecule has 138 valence electrons. The second-order valence-corrected chi connectivity index (χ2v) is 5.82. The SMILES string of the molecule is CCNC(=O)NC(=O)[C@H]([NH2+]CCc1ccccc1OC)c1ccccc1. The topological polar surface area (TPSA) is 84.0 Å². The van der Waals surface area contributed by atoms with Gasteiger partial charge in [0.05, 0.1) is 13.7 Å². The minimum absolute atomic E-state index is 0.331. The second kappa shape index (κ2) is 10.2. The summed E-state index contributed by atoms with van der Waals surface area (Å²) >= 11 is 0. The van der Waals surface area contributed by atoms with Crippen molar-refractivity contribution in [3.63, 3.8) is 0 Å². The van der Waals surface area contributed by atoms with Crippen LogP contribution in [0.15, 0.2) is 54.6 Å². The maximum Gasteiger partial charge on any atom is 0.321 e. The molecule has 0 radical (unpaired) electrons. The van der Waals surface area contributed by atoms with E-state index in [9.17, 15) is 9.59 Å². The number of rotatable bonds is 8. The lowest BCUT2D eigenvalue weighted by molar-refractivity contribution is -0.682. The molecule has 0 unspecified atom stereocenters. The van der Waals surface area contributed by atoms with Gasteiger partial charge in [0.1, 0.15) is 5.75 Å². The van der Waals surface area contributed by atoms with E-state index in [1.807, 2.05) is 59.9 Å². The van der Waals surface area contributed by atoms with Crippen LogP contribution in [0.2, 0.25) is 0 Å². The van der Waals surface area contributed by atoms with Crippen LogP contribution in [0.5, 0.6) is 5.75 Å². The molecule has 0 heterocycles. The van der Waals surface area contributed by atoms with Gasteiger partial charge >= 0.3 is 6.03 Å². The number of nitrogens with two attached hydrogens (primary N) is 1. The normalized spacial score (nSPS) is 11.5. The van der Waals surface area contributed by atoms with Gasteiger partial charge in [-0.25, -0.2) is 4.79 Å². The monoisotopic (exact) mass is 356 g/mol. The fourth-order valence-electron chi connectivity index (χ4n) is 2.76. The maximum atomic E-state index is 12.6. The zero-order valence-electron chi connectivity index (χ0n) is 15.2. The molecule has 3 amide bonds. The van der Waals surface area contributed by atoms with Crippen LogP contribution < -0.4 is 20.7 Å². The molecule has 0 aliphatic heterocycles. The number of imide groups is 1. The number of carbonyl (C=O) groups is 2. The van der Waals surface area contributed by atoms with Crippen molar-refractivity contribution in [1.29, 1.82) is 0 Å². The Labute approximate surface area is 153 Å². The van der Waals surface area contributed by atoms with E-state index in [1.165, 1.54) is 0 Å². The minimum Gasteiger partial charge on any atom is -0.496 e. The van der Waals surface area contributed by atoms with Gasteiger partial charge in [0, 0.05) is 18.5 Å². The number of urea groups is 1. The van der Waals surface area contributed by atoms with E-state index in [1.54, 1.807) is 14.0 Å². The van der Waals surface area contributed by atoms with Gasteiger partial charge in [-0.05, 0) is 18.6 Å². The average Bonchev–Trinajstić information content (AvgIpc) is 2.66. The van der Waals surface area contributed by atoms with E-state index in [2.05, 4.69) is 10.6 Å². The van der Waals surface area contributed by atoms with Crippen LogP contribution in [0.25, 0.3) is 0 Å². The van der Waals surface area contributed by atoms with Crippen LogP contribution in [0.4, 0.5) is 4.79 Å². The third kappa shape index (κ3) is 5.60. The van der Waals surface area contributed by atoms with E-state index >= 15 is 0 Å². The maximum absolute atomic E-state index is 12.6. The predicted octanol–water partition coefficient (Wildman–Crippen LogP) is 1.39. The summed E-state index contributed by atoms with van der Waals surface area (Å²) < 4.78 is 5.37. The van der Waals surface area contributed by atoms with Gasteiger partial charge in [0.15, 0.2) is 6.04 Å². The van der Waals surface area contributed by atoms with Crippen LogP contribution >= 0.6 is 0 Å². The molecule has 0 bridgehead atoms. The van der Waals surface area contributed by atoms with Crippen LogP contribution in [0.1, 0.15) is 24.1 Å². The highest BCUT2D eigenvalue weighted by atomic mass is 16.5. The van der Waals surface area contributed by atoms with Crippen molar-refractivity contribution in [2.24, 2.45) is 0 Å². The zero-order valence-corrected chi connectivity index (χ0v) is 15.2. The summed E-state index contributed by atoms with van der Waals surface area (Å²) in [5.74, 6) is 0.506. The van der Waals surface area contributed by atoms with Gasteiger partial charge in [0.2, 0.25) is 0 Å². The second-order valence-electron chi connectivity index (χ2n) is 5.82. The number of amides is 3. The van der Waals surface area contributed by atoms with Gasteiger partial charge in [-0.3, -0.25) is 10.1 Å². The molecule has 1 atom stereocenters. The highest BCUT2D eigenvalue weighted by Gasteiger charge is 2.25. The summed E-state index contributed by atoms with van der Waals surface area (Å²) in [5.41, 5.74) is 1.94. The highest BCUT2D eigenvalue weighted by Crippen LogP contribution is 2.17. The molecular weight excluding hydrogens is 330 g/mol. The van der Waals surface area contributed by atoms with Crippen molar-refractivity contribution < 1.29 is 19.6 Å². The molecule has 2 aromatic carbocycles. The van der Waals surface area contributed by atoms with Crippen LogP contribution in [-0.2, 0) is 11.2 Å². The number of para-hydroxylation sites is 1. The zero-order chi connectivity index (χ0) is 18.8. The number of methoxy groups -OCH3 is 1. The molecule has 0 saturated carbocycles. The standard InChI is InChI=1S/C20H25N3O3/c1-3-21-20(25)23-19(24)18(16-10-5-4-6-11-16)22-14-13-15-9-7-8-12-17(15)26-2/h4-12,18,22H,3,13-14H2,1-2H3,(H2,21,23,24,25)/p+1/t18-/m1/s1. The van der Waals surface area contributed by atoms with Crippen LogP contribution in [0.3, 0.4) is 0 Å². The molecule has 2 aromatic rings. The molecule has 6 nitrogen and oxygen atoms in total. The molecule has 0 aromatic heterocycles. The lowest BCUT2D eigenvalue weighted by Crippen LogP contribution is -2.88. The van der Waals surface area contributed by atoms with Gasteiger partial charge in [-0.15, -0.1) is 0 Å². The van der Waals surface area contributed by atoms with Crippen molar-refractivity contribution in [3.8, 4) is 5.75 Å². The Balaban J connectivity index is 2.04. The Morgan fingerprint density at radius 1 is 1.08 bits per heavy atom. The summed E-state index contributed by atoms with van der Waals surface area (Å²) in [6, 6.07) is 16.3. The average molecular weight is 356 g/mol. The number of hydrogen-bond acceptors (Lipinski definition) is 3. The summed E-state index contributed by atoms with van der Waals surface area (Å²) in [6.45, 7) is 2.95. The summed E-state index contributed by atoms with van der Waals surface area (Å²) in [5, 5.41) is 6.93. The van der Waals surface area contributed by atoms with Crippen LogP contribution in [0, 0.1) is 0 Å². The predicted molar refractivity (Wildman–Crippen MR) is 99.9 cm³/mol. The lowest BCUT2D eigenvalue weighted by Gasteiger charge is -2.16. The fraction of sp³-hybridized carbons (Fsp3) is 0.300. The number of carbonyl (C=O) groups excluding carboxylic acids is 2. The molecule has 0 aliphatic carbocycles. The van der Waals surface area contributed by atoms with Crippen LogP contribution in [-0.4, -0.2) is 32.1 Å². The first-order valence-electron chi connectivity index (χ1n) is 8.74. The number of benzene rings is 2. The van der Waals surface area contributed by atoms with E-state index in [-0.39, 0.29) is 5.91 Å². The van der Waals surface area contributed by atoms with E-state index in [0.29, 0.717) is 13.1 Å². The van der Waals surface area contributed by atoms with Gasteiger partial charge in [-0.2, -0.15) is 0 Å². The summed E-state index contributed by atoms with van der Waals surface area (Å²) in [6.07, 6.45) is 0.752.